The van der Waals surface area contributed by atoms with Crippen molar-refractivity contribution in [2.24, 2.45) is 0 Å². The Labute approximate surface area is 167 Å². The molecule has 6 nitrogen and oxygen atoms in total. The highest BCUT2D eigenvalue weighted by Crippen LogP contribution is 2.34. The smallest absolute Gasteiger partial charge is 0.279 e. The lowest BCUT2D eigenvalue weighted by Crippen LogP contribution is -2.15. The summed E-state index contributed by atoms with van der Waals surface area (Å²) in [5.74, 6) is 0.190. The van der Waals surface area contributed by atoms with E-state index in [0.29, 0.717) is 17.5 Å². The number of oxazole rings is 1. The second-order valence-electron chi connectivity index (χ2n) is 7.28. The van der Waals surface area contributed by atoms with E-state index in [-0.39, 0.29) is 17.7 Å². The number of anilines is 1. The molecule has 1 amide bonds. The van der Waals surface area contributed by atoms with Crippen LogP contribution in [0.25, 0.3) is 11.3 Å². The molecule has 2 aromatic heterocycles. The summed E-state index contributed by atoms with van der Waals surface area (Å²) in [6, 6.07) is 6.58. The molecule has 144 valence electrons. The molecule has 0 radical (unpaired) electrons. The van der Waals surface area contributed by atoms with Crippen LogP contribution in [0.3, 0.4) is 0 Å². The van der Waals surface area contributed by atoms with E-state index in [9.17, 15) is 4.79 Å². The predicted molar refractivity (Wildman–Crippen MR) is 107 cm³/mol. The second kappa shape index (κ2) is 7.14. The first-order chi connectivity index (χ1) is 13.7. The van der Waals surface area contributed by atoms with Crippen molar-refractivity contribution >= 4 is 22.4 Å². The topological polar surface area (TPSA) is 77.2 Å². The van der Waals surface area contributed by atoms with E-state index in [1.54, 1.807) is 0 Å². The first-order valence-electron chi connectivity index (χ1n) is 9.65. The number of nitrogens with zero attached hydrogens (tertiary/aromatic N) is 2. The summed E-state index contributed by atoms with van der Waals surface area (Å²) in [7, 11) is 0. The van der Waals surface area contributed by atoms with Crippen LogP contribution < -0.4 is 5.32 Å². The number of hydrogen-bond acceptors (Lipinski definition) is 6. The molecule has 3 heterocycles. The van der Waals surface area contributed by atoms with Crippen molar-refractivity contribution in [1.29, 1.82) is 0 Å². The fraction of sp³-hybridized carbons (Fsp3) is 0.381. The first kappa shape index (κ1) is 17.6. The zero-order valence-electron chi connectivity index (χ0n) is 15.7. The SMILES string of the molecule is Cc1sc(NC(=O)c2ncoc2[C@@H]2CCCO2)nc1-c1ccc2c(c1)CCC2. The van der Waals surface area contributed by atoms with Crippen LogP contribution in [0, 0.1) is 6.92 Å². The van der Waals surface area contributed by atoms with Crippen molar-refractivity contribution in [1.82, 2.24) is 9.97 Å². The van der Waals surface area contributed by atoms with Crippen LogP contribution in [-0.2, 0) is 17.6 Å². The molecular weight excluding hydrogens is 374 g/mol. The minimum absolute atomic E-state index is 0.191. The van der Waals surface area contributed by atoms with Crippen molar-refractivity contribution in [2.45, 2.75) is 45.1 Å². The highest BCUT2D eigenvalue weighted by molar-refractivity contribution is 7.16. The summed E-state index contributed by atoms with van der Waals surface area (Å²) >= 11 is 1.47. The molecule has 1 fully saturated rings. The van der Waals surface area contributed by atoms with Gasteiger partial charge in [-0.05, 0) is 56.2 Å². The number of benzene rings is 1. The maximum absolute atomic E-state index is 12.7. The van der Waals surface area contributed by atoms with E-state index in [2.05, 4.69) is 33.5 Å². The van der Waals surface area contributed by atoms with Gasteiger partial charge in [0.15, 0.2) is 23.0 Å². The van der Waals surface area contributed by atoms with Crippen LogP contribution in [0.4, 0.5) is 5.13 Å². The normalized spacial score (nSPS) is 18.4. The lowest BCUT2D eigenvalue weighted by molar-refractivity contribution is 0.0889. The molecular formula is C21H21N3O3S. The second-order valence-corrected chi connectivity index (χ2v) is 8.49. The Morgan fingerprint density at radius 1 is 1.25 bits per heavy atom. The maximum Gasteiger partial charge on any atom is 0.279 e. The number of amides is 1. The minimum Gasteiger partial charge on any atom is -0.445 e. The largest absolute Gasteiger partial charge is 0.445 e. The average molecular weight is 395 g/mol. The molecule has 0 bridgehead atoms. The summed E-state index contributed by atoms with van der Waals surface area (Å²) in [5.41, 5.74) is 5.17. The minimum atomic E-state index is -0.312. The molecule has 1 aliphatic heterocycles. The molecule has 1 atom stereocenters. The lowest BCUT2D eigenvalue weighted by atomic mass is 10.0. The van der Waals surface area contributed by atoms with Gasteiger partial charge >= 0.3 is 0 Å². The molecule has 0 saturated carbocycles. The van der Waals surface area contributed by atoms with E-state index < -0.39 is 0 Å². The number of aromatic nitrogens is 2. The summed E-state index contributed by atoms with van der Waals surface area (Å²) in [6.45, 7) is 2.71. The van der Waals surface area contributed by atoms with Crippen LogP contribution >= 0.6 is 11.3 Å². The van der Waals surface area contributed by atoms with E-state index in [1.165, 1.54) is 35.3 Å². The summed E-state index contributed by atoms with van der Waals surface area (Å²) in [5, 5.41) is 3.45. The Hall–Kier alpha value is -2.51. The van der Waals surface area contributed by atoms with Crippen molar-refractivity contribution in [3.05, 3.63) is 52.1 Å². The Kier molecular flexibility index (Phi) is 4.49. The van der Waals surface area contributed by atoms with Gasteiger partial charge < -0.3 is 9.15 Å². The number of rotatable bonds is 4. The standard InChI is InChI=1S/C21H21N3O3S/c1-12-17(15-8-7-13-4-2-5-14(13)10-15)23-21(28-12)24-20(25)18-19(27-11-22-18)16-6-3-9-26-16/h7-8,10-11,16H,2-6,9H2,1H3,(H,23,24,25)/t16-/m0/s1. The van der Waals surface area contributed by atoms with Gasteiger partial charge in [0.05, 0.1) is 5.69 Å². The third-order valence-electron chi connectivity index (χ3n) is 5.42. The molecule has 1 aromatic carbocycles. The quantitative estimate of drug-likeness (QED) is 0.693. The first-order valence-corrected chi connectivity index (χ1v) is 10.5. The van der Waals surface area contributed by atoms with E-state index >= 15 is 0 Å². The fourth-order valence-electron chi connectivity index (χ4n) is 4.03. The van der Waals surface area contributed by atoms with Gasteiger partial charge in [-0.15, -0.1) is 11.3 Å². The number of fused-ring (bicyclic) bond motifs is 1. The molecule has 28 heavy (non-hydrogen) atoms. The zero-order chi connectivity index (χ0) is 19.1. The third kappa shape index (κ3) is 3.14. The van der Waals surface area contributed by atoms with Crippen LogP contribution in [0.5, 0.6) is 0 Å². The number of nitrogens with one attached hydrogen (secondary N) is 1. The molecule has 0 spiro atoms. The highest BCUT2D eigenvalue weighted by atomic mass is 32.1. The molecule has 0 unspecified atom stereocenters. The van der Waals surface area contributed by atoms with Gasteiger partial charge in [0, 0.05) is 17.0 Å². The Balaban J connectivity index is 1.38. The fourth-order valence-corrected chi connectivity index (χ4v) is 4.86. The average Bonchev–Trinajstić information content (AvgIpc) is 3.47. The Morgan fingerprint density at radius 2 is 2.14 bits per heavy atom. The third-order valence-corrected chi connectivity index (χ3v) is 6.31. The number of carbonyl (C=O) groups excluding carboxylic acids is 1. The highest BCUT2D eigenvalue weighted by Gasteiger charge is 2.28. The van der Waals surface area contributed by atoms with Crippen LogP contribution in [-0.4, -0.2) is 22.5 Å². The van der Waals surface area contributed by atoms with Crippen molar-refractivity contribution in [3.63, 3.8) is 0 Å². The summed E-state index contributed by atoms with van der Waals surface area (Å²) in [4.78, 5) is 22.6. The summed E-state index contributed by atoms with van der Waals surface area (Å²) in [6.07, 6.45) is 6.43. The van der Waals surface area contributed by atoms with Gasteiger partial charge in [-0.3, -0.25) is 10.1 Å². The van der Waals surface area contributed by atoms with Gasteiger partial charge in [0.25, 0.3) is 5.91 Å². The number of ether oxygens (including phenoxy) is 1. The lowest BCUT2D eigenvalue weighted by Gasteiger charge is -2.07. The predicted octanol–water partition coefficient (Wildman–Crippen LogP) is 4.70. The van der Waals surface area contributed by atoms with E-state index in [4.69, 9.17) is 9.15 Å². The molecule has 1 saturated heterocycles. The van der Waals surface area contributed by atoms with Gasteiger partial charge in [-0.2, -0.15) is 0 Å². The van der Waals surface area contributed by atoms with Gasteiger partial charge in [-0.25, -0.2) is 9.97 Å². The van der Waals surface area contributed by atoms with Gasteiger partial charge in [0.2, 0.25) is 0 Å². The maximum atomic E-state index is 12.7. The zero-order valence-corrected chi connectivity index (χ0v) is 16.5. The van der Waals surface area contributed by atoms with Crippen LogP contribution in [0.15, 0.2) is 29.0 Å². The number of carbonyl (C=O) groups is 1. The molecule has 2 aliphatic rings. The van der Waals surface area contributed by atoms with Crippen molar-refractivity contribution in [3.8, 4) is 11.3 Å². The monoisotopic (exact) mass is 395 g/mol. The molecule has 5 rings (SSSR count). The number of hydrogen-bond donors (Lipinski definition) is 1. The van der Waals surface area contributed by atoms with E-state index in [0.717, 1.165) is 41.8 Å². The van der Waals surface area contributed by atoms with E-state index in [1.807, 2.05) is 6.92 Å². The van der Waals surface area contributed by atoms with Gasteiger partial charge in [0.1, 0.15) is 6.10 Å². The molecule has 3 aromatic rings. The Bertz CT molecular complexity index is 1030. The number of aryl methyl sites for hydroxylation is 3. The van der Waals surface area contributed by atoms with Crippen molar-refractivity contribution < 1.29 is 13.9 Å². The van der Waals surface area contributed by atoms with Crippen LogP contribution in [0.1, 0.15) is 57.6 Å². The van der Waals surface area contributed by atoms with Crippen molar-refractivity contribution in [2.75, 3.05) is 11.9 Å². The van der Waals surface area contributed by atoms with Crippen LogP contribution in [0.2, 0.25) is 0 Å². The molecule has 7 heteroatoms. The Morgan fingerprint density at radius 3 is 3.00 bits per heavy atom. The summed E-state index contributed by atoms with van der Waals surface area (Å²) < 4.78 is 11.1. The molecule has 1 N–H and O–H groups in total. The van der Waals surface area contributed by atoms with Gasteiger partial charge in [-0.1, -0.05) is 12.1 Å². The molecule has 1 aliphatic carbocycles. The number of thiazole rings is 1.